The van der Waals surface area contributed by atoms with Crippen LogP contribution in [-0.4, -0.2) is 29.6 Å². The summed E-state index contributed by atoms with van der Waals surface area (Å²) in [7, 11) is 1.58. The normalized spacial score (nSPS) is 13.5. The van der Waals surface area contributed by atoms with E-state index in [4.69, 9.17) is 9.84 Å². The van der Waals surface area contributed by atoms with Crippen molar-refractivity contribution in [2.45, 2.75) is 39.8 Å². The standard InChI is InChI=1S/C24H26N6O2/c1-16-5-4-6-22(30-24(31)28(3)26-27-30)20(16)15-32-23-10-9-19(13-17(23)2)21-11-12-29(25-21)14-18-7-8-18/h4-6,9-13,18H,7-8,14-15H2,1-3H3. The average Bonchev–Trinajstić information content (AvgIpc) is 3.36. The van der Waals surface area contributed by atoms with Gasteiger partial charge in [0, 0.05) is 30.9 Å². The first-order valence-corrected chi connectivity index (χ1v) is 10.8. The van der Waals surface area contributed by atoms with Gasteiger partial charge in [0.2, 0.25) is 0 Å². The Morgan fingerprint density at radius 1 is 1.06 bits per heavy atom. The molecule has 0 amide bonds. The molecule has 2 heterocycles. The lowest BCUT2D eigenvalue weighted by atomic mass is 10.1. The van der Waals surface area contributed by atoms with E-state index in [2.05, 4.69) is 28.8 Å². The summed E-state index contributed by atoms with van der Waals surface area (Å²) in [5.74, 6) is 1.59. The molecule has 0 bridgehead atoms. The molecule has 0 saturated heterocycles. The lowest BCUT2D eigenvalue weighted by Gasteiger charge is -2.14. The molecule has 5 rings (SSSR count). The van der Waals surface area contributed by atoms with Gasteiger partial charge in [-0.25, -0.2) is 4.79 Å². The van der Waals surface area contributed by atoms with Crippen molar-refractivity contribution >= 4 is 0 Å². The first-order chi connectivity index (χ1) is 15.5. The Morgan fingerprint density at radius 2 is 1.91 bits per heavy atom. The number of ether oxygens (including phenoxy) is 1. The number of nitrogens with zero attached hydrogens (tertiary/aromatic N) is 6. The molecule has 0 spiro atoms. The van der Waals surface area contributed by atoms with Gasteiger partial charge in [0.25, 0.3) is 0 Å². The molecule has 8 heteroatoms. The minimum Gasteiger partial charge on any atom is -0.489 e. The molecule has 4 aromatic rings. The van der Waals surface area contributed by atoms with E-state index in [0.29, 0.717) is 12.3 Å². The van der Waals surface area contributed by atoms with Crippen LogP contribution in [0.15, 0.2) is 53.5 Å². The zero-order valence-electron chi connectivity index (χ0n) is 18.5. The molecule has 0 atom stereocenters. The van der Waals surface area contributed by atoms with Crippen LogP contribution in [0.5, 0.6) is 5.75 Å². The molecular weight excluding hydrogens is 404 g/mol. The molecule has 0 N–H and O–H groups in total. The Balaban J connectivity index is 1.36. The molecule has 0 unspecified atom stereocenters. The van der Waals surface area contributed by atoms with Crippen LogP contribution in [0.1, 0.15) is 29.5 Å². The van der Waals surface area contributed by atoms with Crippen molar-refractivity contribution in [2.75, 3.05) is 0 Å². The summed E-state index contributed by atoms with van der Waals surface area (Å²) in [6.07, 6.45) is 4.68. The molecule has 0 aliphatic heterocycles. The van der Waals surface area contributed by atoms with Gasteiger partial charge in [-0.2, -0.15) is 14.5 Å². The fraction of sp³-hybridized carbons (Fsp3) is 0.333. The van der Waals surface area contributed by atoms with Gasteiger partial charge in [-0.05, 0) is 84.5 Å². The predicted octanol–water partition coefficient (Wildman–Crippen LogP) is 3.44. The Bertz CT molecular complexity index is 1330. The number of aryl methyl sites for hydroxylation is 3. The summed E-state index contributed by atoms with van der Waals surface area (Å²) in [6.45, 7) is 5.36. The molecule has 1 aliphatic rings. The second-order valence-electron chi connectivity index (χ2n) is 8.50. The Hall–Kier alpha value is -3.68. The Labute approximate surface area is 186 Å². The maximum Gasteiger partial charge on any atom is 0.368 e. The minimum atomic E-state index is -0.293. The summed E-state index contributed by atoms with van der Waals surface area (Å²) < 4.78 is 10.7. The molecule has 8 nitrogen and oxygen atoms in total. The minimum absolute atomic E-state index is 0.293. The third-order valence-electron chi connectivity index (χ3n) is 5.96. The van der Waals surface area contributed by atoms with Gasteiger partial charge in [0.05, 0.1) is 11.4 Å². The van der Waals surface area contributed by atoms with E-state index < -0.39 is 0 Å². The highest BCUT2D eigenvalue weighted by Gasteiger charge is 2.22. The van der Waals surface area contributed by atoms with Gasteiger partial charge in [-0.3, -0.25) is 4.68 Å². The predicted molar refractivity (Wildman–Crippen MR) is 121 cm³/mol. The van der Waals surface area contributed by atoms with Crippen molar-refractivity contribution in [3.63, 3.8) is 0 Å². The monoisotopic (exact) mass is 430 g/mol. The Kier molecular flexibility index (Phi) is 5.13. The first-order valence-electron chi connectivity index (χ1n) is 10.8. The van der Waals surface area contributed by atoms with Gasteiger partial charge < -0.3 is 4.74 Å². The highest BCUT2D eigenvalue weighted by Crippen LogP contribution is 2.31. The number of aromatic nitrogens is 6. The van der Waals surface area contributed by atoms with Crippen LogP contribution < -0.4 is 10.4 Å². The molecule has 2 aromatic carbocycles. The van der Waals surface area contributed by atoms with Crippen molar-refractivity contribution in [1.29, 1.82) is 0 Å². The quantitative estimate of drug-likeness (QED) is 0.449. The van der Waals surface area contributed by atoms with Crippen LogP contribution >= 0.6 is 0 Å². The van der Waals surface area contributed by atoms with Crippen LogP contribution in [0.25, 0.3) is 16.9 Å². The van der Waals surface area contributed by atoms with E-state index in [1.165, 1.54) is 22.2 Å². The summed E-state index contributed by atoms with van der Waals surface area (Å²) in [5, 5.41) is 12.5. The van der Waals surface area contributed by atoms with Crippen molar-refractivity contribution in [3.05, 3.63) is 75.8 Å². The largest absolute Gasteiger partial charge is 0.489 e. The molecule has 2 aromatic heterocycles. The van der Waals surface area contributed by atoms with E-state index in [1.807, 2.05) is 48.9 Å². The summed E-state index contributed by atoms with van der Waals surface area (Å²) in [6, 6.07) is 13.9. The highest BCUT2D eigenvalue weighted by molar-refractivity contribution is 5.61. The summed E-state index contributed by atoms with van der Waals surface area (Å²) in [4.78, 5) is 12.3. The molecule has 1 saturated carbocycles. The third kappa shape index (κ3) is 3.95. The summed E-state index contributed by atoms with van der Waals surface area (Å²) in [5.41, 5.74) is 5.40. The third-order valence-corrected chi connectivity index (χ3v) is 5.96. The van der Waals surface area contributed by atoms with Crippen molar-refractivity contribution in [3.8, 4) is 22.7 Å². The summed E-state index contributed by atoms with van der Waals surface area (Å²) >= 11 is 0. The van der Waals surface area contributed by atoms with E-state index in [0.717, 1.165) is 46.2 Å². The smallest absolute Gasteiger partial charge is 0.368 e. The first kappa shape index (κ1) is 20.2. The van der Waals surface area contributed by atoms with Gasteiger partial charge >= 0.3 is 5.69 Å². The van der Waals surface area contributed by atoms with Crippen LogP contribution in [-0.2, 0) is 20.2 Å². The van der Waals surface area contributed by atoms with Gasteiger partial charge in [0.15, 0.2) is 0 Å². The van der Waals surface area contributed by atoms with Crippen molar-refractivity contribution in [1.82, 2.24) is 29.6 Å². The van der Waals surface area contributed by atoms with Crippen molar-refractivity contribution in [2.24, 2.45) is 13.0 Å². The van der Waals surface area contributed by atoms with Gasteiger partial charge in [-0.15, -0.1) is 0 Å². The number of rotatable bonds is 7. The fourth-order valence-electron chi connectivity index (χ4n) is 3.84. The topological polar surface area (TPSA) is 79.8 Å². The molecule has 32 heavy (non-hydrogen) atoms. The molecule has 1 aliphatic carbocycles. The zero-order chi connectivity index (χ0) is 22.2. The maximum atomic E-state index is 12.3. The lowest BCUT2D eigenvalue weighted by molar-refractivity contribution is 0.302. The number of benzene rings is 2. The zero-order valence-corrected chi connectivity index (χ0v) is 18.5. The van der Waals surface area contributed by atoms with Crippen LogP contribution in [0.4, 0.5) is 0 Å². The highest BCUT2D eigenvalue weighted by atomic mass is 16.5. The van der Waals surface area contributed by atoms with Gasteiger partial charge in [0.1, 0.15) is 12.4 Å². The van der Waals surface area contributed by atoms with Crippen molar-refractivity contribution < 1.29 is 4.74 Å². The van der Waals surface area contributed by atoms with Crippen LogP contribution in [0, 0.1) is 19.8 Å². The second kappa shape index (κ2) is 8.11. The van der Waals surface area contributed by atoms with Crippen LogP contribution in [0.2, 0.25) is 0 Å². The Morgan fingerprint density at radius 3 is 2.62 bits per heavy atom. The molecule has 1 fully saturated rings. The van der Waals surface area contributed by atoms with E-state index in [1.54, 1.807) is 7.05 Å². The van der Waals surface area contributed by atoms with Crippen LogP contribution in [0.3, 0.4) is 0 Å². The maximum absolute atomic E-state index is 12.3. The fourth-order valence-corrected chi connectivity index (χ4v) is 3.84. The van der Waals surface area contributed by atoms with E-state index in [-0.39, 0.29) is 5.69 Å². The number of tetrazole rings is 1. The second-order valence-corrected chi connectivity index (χ2v) is 8.50. The SMILES string of the molecule is Cc1cc(-c2ccn(CC3CC3)n2)ccc1OCc1c(C)cccc1-n1nnn(C)c1=O. The van der Waals surface area contributed by atoms with E-state index >= 15 is 0 Å². The number of hydrogen-bond donors (Lipinski definition) is 0. The lowest BCUT2D eigenvalue weighted by Crippen LogP contribution is -2.23. The average molecular weight is 431 g/mol. The van der Waals surface area contributed by atoms with E-state index in [9.17, 15) is 4.79 Å². The van der Waals surface area contributed by atoms with Gasteiger partial charge in [-0.1, -0.05) is 12.1 Å². The molecule has 164 valence electrons. The molecular formula is C24H26N6O2. The molecule has 0 radical (unpaired) electrons. The number of hydrogen-bond acceptors (Lipinski definition) is 5.